The summed E-state index contributed by atoms with van der Waals surface area (Å²) >= 11 is 0. The summed E-state index contributed by atoms with van der Waals surface area (Å²) in [4.78, 5) is 41.3. The second-order valence-electron chi connectivity index (χ2n) is 10.7. The Balaban J connectivity index is 3.48. The average molecular weight is 508 g/mol. The summed E-state index contributed by atoms with van der Waals surface area (Å²) in [7, 11) is 0. The molecule has 0 aromatic heterocycles. The van der Waals surface area contributed by atoms with E-state index in [0.29, 0.717) is 17.5 Å². The SMILES string of the molecule is CCCC(C)NC(=O)C(c1ccc(O)c(C)c1)N(CCO)C(=O)C(CC(C)C)NC(=O)OC(C)(C)C. The molecule has 4 N–H and O–H groups in total. The molecular weight excluding hydrogens is 462 g/mol. The van der Waals surface area contributed by atoms with E-state index in [9.17, 15) is 24.6 Å². The first-order chi connectivity index (χ1) is 16.7. The van der Waals surface area contributed by atoms with Gasteiger partial charge in [0.05, 0.1) is 6.61 Å². The molecule has 0 fully saturated rings. The smallest absolute Gasteiger partial charge is 0.408 e. The average Bonchev–Trinajstić information content (AvgIpc) is 2.73. The fraction of sp³-hybridized carbons (Fsp3) is 0.667. The molecule has 1 aromatic carbocycles. The van der Waals surface area contributed by atoms with Crippen LogP contribution in [0.3, 0.4) is 0 Å². The number of hydrogen-bond acceptors (Lipinski definition) is 6. The van der Waals surface area contributed by atoms with Gasteiger partial charge >= 0.3 is 6.09 Å². The number of benzene rings is 1. The standard InChI is InChI=1S/C27H45N3O6/c1-9-10-19(5)28-24(33)23(20-11-12-22(32)18(4)16-20)30(13-14-31)25(34)21(15-17(2)3)29-26(35)36-27(6,7)8/h11-12,16-17,19,21,23,31-32H,9-10,13-15H2,1-8H3,(H,28,33)(H,29,35). The minimum atomic E-state index is -1.07. The number of aromatic hydroxyl groups is 1. The van der Waals surface area contributed by atoms with Gasteiger partial charge in [-0.1, -0.05) is 33.3 Å². The minimum Gasteiger partial charge on any atom is -0.508 e. The molecule has 0 spiro atoms. The van der Waals surface area contributed by atoms with Gasteiger partial charge in [0, 0.05) is 12.6 Å². The van der Waals surface area contributed by atoms with E-state index < -0.39 is 35.6 Å². The van der Waals surface area contributed by atoms with Gasteiger partial charge < -0.3 is 30.5 Å². The largest absolute Gasteiger partial charge is 0.508 e. The summed E-state index contributed by atoms with van der Waals surface area (Å²) in [5.74, 6) is -0.778. The Kier molecular flexibility index (Phi) is 12.2. The number of nitrogens with one attached hydrogen (secondary N) is 2. The number of phenols is 1. The van der Waals surface area contributed by atoms with E-state index in [2.05, 4.69) is 10.6 Å². The summed E-state index contributed by atoms with van der Waals surface area (Å²) in [6.45, 7) is 14.2. The summed E-state index contributed by atoms with van der Waals surface area (Å²) < 4.78 is 5.36. The van der Waals surface area contributed by atoms with Gasteiger partial charge in [-0.05, 0) is 76.6 Å². The Morgan fingerprint density at radius 1 is 1.11 bits per heavy atom. The molecule has 204 valence electrons. The number of aryl methyl sites for hydroxylation is 1. The number of phenolic OH excluding ortho intramolecular Hbond substituents is 1. The van der Waals surface area contributed by atoms with Crippen LogP contribution in [0.1, 0.15) is 84.9 Å². The van der Waals surface area contributed by atoms with Crippen LogP contribution < -0.4 is 10.6 Å². The molecule has 0 radical (unpaired) electrons. The number of amides is 3. The normalized spacial score (nSPS) is 14.1. The molecule has 0 aliphatic heterocycles. The molecule has 1 aromatic rings. The third-order valence-electron chi connectivity index (χ3n) is 5.53. The maximum absolute atomic E-state index is 13.9. The molecular formula is C27H45N3O6. The number of nitrogens with zero attached hydrogens (tertiary/aromatic N) is 1. The lowest BCUT2D eigenvalue weighted by molar-refractivity contribution is -0.143. The van der Waals surface area contributed by atoms with Crippen molar-refractivity contribution in [2.45, 2.75) is 98.4 Å². The van der Waals surface area contributed by atoms with E-state index in [0.717, 1.165) is 12.8 Å². The van der Waals surface area contributed by atoms with Crippen molar-refractivity contribution in [1.82, 2.24) is 15.5 Å². The number of alkyl carbamates (subject to hydrolysis) is 1. The van der Waals surface area contributed by atoms with E-state index in [-0.39, 0.29) is 30.9 Å². The fourth-order valence-corrected chi connectivity index (χ4v) is 3.97. The number of carbonyl (C=O) groups excluding carboxylic acids is 3. The Morgan fingerprint density at radius 3 is 2.25 bits per heavy atom. The Bertz CT molecular complexity index is 881. The Hall–Kier alpha value is -2.81. The highest BCUT2D eigenvalue weighted by Crippen LogP contribution is 2.28. The van der Waals surface area contributed by atoms with E-state index in [1.807, 2.05) is 27.7 Å². The molecule has 0 aliphatic carbocycles. The summed E-state index contributed by atoms with van der Waals surface area (Å²) in [6, 6.07) is 2.56. The number of rotatable bonds is 12. The fourth-order valence-electron chi connectivity index (χ4n) is 3.97. The van der Waals surface area contributed by atoms with Crippen molar-refractivity contribution in [1.29, 1.82) is 0 Å². The first-order valence-corrected chi connectivity index (χ1v) is 12.7. The highest BCUT2D eigenvalue weighted by atomic mass is 16.6. The summed E-state index contributed by atoms with van der Waals surface area (Å²) in [6.07, 6.45) is 1.22. The van der Waals surface area contributed by atoms with Crippen molar-refractivity contribution in [2.24, 2.45) is 5.92 Å². The van der Waals surface area contributed by atoms with Crippen molar-refractivity contribution in [3.05, 3.63) is 29.3 Å². The Labute approximate surface area is 215 Å². The predicted octanol–water partition coefficient (Wildman–Crippen LogP) is 3.81. The molecule has 0 saturated carbocycles. The van der Waals surface area contributed by atoms with Gasteiger partial charge in [0.25, 0.3) is 0 Å². The van der Waals surface area contributed by atoms with Crippen LogP contribution in [0.5, 0.6) is 5.75 Å². The number of ether oxygens (including phenoxy) is 1. The number of carbonyl (C=O) groups is 3. The molecule has 0 aliphatic rings. The molecule has 0 saturated heterocycles. The van der Waals surface area contributed by atoms with E-state index in [1.165, 1.54) is 11.0 Å². The molecule has 9 nitrogen and oxygen atoms in total. The molecule has 0 heterocycles. The lowest BCUT2D eigenvalue weighted by Gasteiger charge is -2.35. The van der Waals surface area contributed by atoms with Gasteiger partial charge in [0.1, 0.15) is 23.4 Å². The van der Waals surface area contributed by atoms with Crippen molar-refractivity contribution < 1.29 is 29.3 Å². The zero-order chi connectivity index (χ0) is 27.6. The lowest BCUT2D eigenvalue weighted by atomic mass is 9.97. The third-order valence-corrected chi connectivity index (χ3v) is 5.53. The van der Waals surface area contributed by atoms with Crippen LogP contribution in [0, 0.1) is 12.8 Å². The second-order valence-corrected chi connectivity index (χ2v) is 10.7. The van der Waals surface area contributed by atoms with E-state index in [4.69, 9.17) is 4.74 Å². The van der Waals surface area contributed by atoms with Gasteiger partial charge in [0.15, 0.2) is 0 Å². The van der Waals surface area contributed by atoms with Gasteiger partial charge in [-0.25, -0.2) is 4.79 Å². The van der Waals surface area contributed by atoms with E-state index in [1.54, 1.807) is 39.8 Å². The predicted molar refractivity (Wildman–Crippen MR) is 140 cm³/mol. The van der Waals surface area contributed by atoms with Gasteiger partial charge in [0.2, 0.25) is 11.8 Å². The highest BCUT2D eigenvalue weighted by molar-refractivity contribution is 5.92. The van der Waals surface area contributed by atoms with Gasteiger partial charge in [-0.15, -0.1) is 0 Å². The van der Waals surface area contributed by atoms with Crippen LogP contribution in [-0.4, -0.2) is 63.9 Å². The third kappa shape index (κ3) is 10.0. The van der Waals surface area contributed by atoms with Crippen LogP contribution in [0.15, 0.2) is 18.2 Å². The van der Waals surface area contributed by atoms with Crippen molar-refractivity contribution in [2.75, 3.05) is 13.2 Å². The maximum atomic E-state index is 13.9. The molecule has 3 unspecified atom stereocenters. The quantitative estimate of drug-likeness (QED) is 0.341. The topological polar surface area (TPSA) is 128 Å². The van der Waals surface area contributed by atoms with Crippen molar-refractivity contribution in [3.63, 3.8) is 0 Å². The number of hydrogen-bond donors (Lipinski definition) is 4. The summed E-state index contributed by atoms with van der Waals surface area (Å²) in [5, 5.41) is 25.5. The first-order valence-electron chi connectivity index (χ1n) is 12.7. The zero-order valence-corrected chi connectivity index (χ0v) is 23.1. The van der Waals surface area contributed by atoms with Crippen LogP contribution in [0.2, 0.25) is 0 Å². The van der Waals surface area contributed by atoms with Crippen molar-refractivity contribution >= 4 is 17.9 Å². The van der Waals surface area contributed by atoms with Crippen LogP contribution in [0.4, 0.5) is 4.79 Å². The van der Waals surface area contributed by atoms with E-state index >= 15 is 0 Å². The molecule has 9 heteroatoms. The molecule has 3 atom stereocenters. The van der Waals surface area contributed by atoms with Crippen LogP contribution in [0.25, 0.3) is 0 Å². The van der Waals surface area contributed by atoms with Crippen LogP contribution in [-0.2, 0) is 14.3 Å². The van der Waals surface area contributed by atoms with Gasteiger partial charge in [-0.3, -0.25) is 9.59 Å². The maximum Gasteiger partial charge on any atom is 0.408 e. The monoisotopic (exact) mass is 507 g/mol. The molecule has 36 heavy (non-hydrogen) atoms. The summed E-state index contributed by atoms with van der Waals surface area (Å²) in [5.41, 5.74) is 0.296. The lowest BCUT2D eigenvalue weighted by Crippen LogP contribution is -2.54. The number of aliphatic hydroxyl groups excluding tert-OH is 1. The second kappa shape index (κ2) is 14.1. The number of aliphatic hydroxyl groups is 1. The highest BCUT2D eigenvalue weighted by Gasteiger charge is 2.36. The molecule has 3 amide bonds. The Morgan fingerprint density at radius 2 is 1.75 bits per heavy atom. The zero-order valence-electron chi connectivity index (χ0n) is 23.1. The van der Waals surface area contributed by atoms with Crippen molar-refractivity contribution in [3.8, 4) is 5.75 Å². The minimum absolute atomic E-state index is 0.0534. The molecule has 1 rings (SSSR count). The molecule has 0 bridgehead atoms. The first kappa shape index (κ1) is 31.2. The van der Waals surface area contributed by atoms with Gasteiger partial charge in [-0.2, -0.15) is 0 Å². The van der Waals surface area contributed by atoms with Crippen LogP contribution >= 0.6 is 0 Å².